The molecule has 1 atom stereocenters. The van der Waals surface area contributed by atoms with Crippen LogP contribution in [-0.2, 0) is 16.6 Å². The van der Waals surface area contributed by atoms with Gasteiger partial charge in [-0.1, -0.05) is 19.9 Å². The van der Waals surface area contributed by atoms with Gasteiger partial charge in [0, 0.05) is 6.04 Å². The predicted octanol–water partition coefficient (Wildman–Crippen LogP) is 1.34. The van der Waals surface area contributed by atoms with Crippen molar-refractivity contribution in [3.63, 3.8) is 0 Å². The molecular formula is C11H16N4O2S2. The summed E-state index contributed by atoms with van der Waals surface area (Å²) < 4.78 is 27.4. The molecule has 19 heavy (non-hydrogen) atoms. The third-order valence-electron chi connectivity index (χ3n) is 2.70. The molecule has 2 aromatic rings. The second-order valence-electron chi connectivity index (χ2n) is 4.49. The second kappa shape index (κ2) is 5.81. The lowest BCUT2D eigenvalue weighted by Crippen LogP contribution is -2.41. The summed E-state index contributed by atoms with van der Waals surface area (Å²) in [4.78, 5) is 1.49. The first-order valence-corrected chi connectivity index (χ1v) is 8.25. The SMILES string of the molecule is CC(C)[C@@H](Cn1nccn1)NS(=O)(=O)c1cccs1. The maximum atomic E-state index is 12.2. The fraction of sp³-hybridized carbons (Fsp3) is 0.455. The minimum absolute atomic E-state index is 0.140. The van der Waals surface area contributed by atoms with E-state index in [0.29, 0.717) is 10.8 Å². The molecule has 0 fully saturated rings. The lowest BCUT2D eigenvalue weighted by atomic mass is 10.1. The number of thiophene rings is 1. The van der Waals surface area contributed by atoms with Gasteiger partial charge in [-0.15, -0.1) is 11.3 Å². The average Bonchev–Trinajstić information content (AvgIpc) is 3.00. The van der Waals surface area contributed by atoms with Crippen LogP contribution in [0.1, 0.15) is 13.8 Å². The van der Waals surface area contributed by atoms with Crippen molar-refractivity contribution in [3.8, 4) is 0 Å². The van der Waals surface area contributed by atoms with Crippen molar-refractivity contribution in [1.29, 1.82) is 0 Å². The average molecular weight is 300 g/mol. The zero-order valence-corrected chi connectivity index (χ0v) is 12.4. The van der Waals surface area contributed by atoms with Crippen molar-refractivity contribution in [3.05, 3.63) is 29.9 Å². The zero-order valence-electron chi connectivity index (χ0n) is 10.7. The van der Waals surface area contributed by atoms with Gasteiger partial charge < -0.3 is 0 Å². The van der Waals surface area contributed by atoms with Crippen molar-refractivity contribution in [2.75, 3.05) is 0 Å². The quantitative estimate of drug-likeness (QED) is 0.873. The summed E-state index contributed by atoms with van der Waals surface area (Å²) in [5.41, 5.74) is 0. The Hall–Kier alpha value is -1.25. The summed E-state index contributed by atoms with van der Waals surface area (Å²) in [6, 6.07) is 3.06. The third-order valence-corrected chi connectivity index (χ3v) is 5.59. The first-order valence-electron chi connectivity index (χ1n) is 5.89. The summed E-state index contributed by atoms with van der Waals surface area (Å²) >= 11 is 1.20. The number of sulfonamides is 1. The molecule has 0 saturated heterocycles. The van der Waals surface area contributed by atoms with E-state index in [-0.39, 0.29) is 12.0 Å². The highest BCUT2D eigenvalue weighted by Crippen LogP contribution is 2.17. The monoisotopic (exact) mass is 300 g/mol. The Bertz CT molecular complexity index is 591. The van der Waals surface area contributed by atoms with E-state index in [1.807, 2.05) is 13.8 Å². The molecule has 2 heterocycles. The molecule has 104 valence electrons. The highest BCUT2D eigenvalue weighted by Gasteiger charge is 2.23. The van der Waals surface area contributed by atoms with Crippen LogP contribution in [0.25, 0.3) is 0 Å². The van der Waals surface area contributed by atoms with Crippen LogP contribution in [-0.4, -0.2) is 29.5 Å². The van der Waals surface area contributed by atoms with Gasteiger partial charge in [-0.25, -0.2) is 13.1 Å². The summed E-state index contributed by atoms with van der Waals surface area (Å²) in [5, 5.41) is 9.75. The van der Waals surface area contributed by atoms with Gasteiger partial charge in [-0.3, -0.25) is 0 Å². The van der Waals surface area contributed by atoms with E-state index in [9.17, 15) is 8.42 Å². The second-order valence-corrected chi connectivity index (χ2v) is 7.38. The van der Waals surface area contributed by atoms with Crippen LogP contribution in [0.4, 0.5) is 0 Å². The lowest BCUT2D eigenvalue weighted by molar-refractivity contribution is 0.361. The van der Waals surface area contributed by atoms with E-state index in [1.165, 1.54) is 16.1 Å². The lowest BCUT2D eigenvalue weighted by Gasteiger charge is -2.21. The number of nitrogens with zero attached hydrogens (tertiary/aromatic N) is 3. The molecule has 0 aromatic carbocycles. The Kier molecular flexibility index (Phi) is 4.33. The van der Waals surface area contributed by atoms with Crippen molar-refractivity contribution in [2.45, 2.75) is 30.6 Å². The Morgan fingerprint density at radius 1 is 1.37 bits per heavy atom. The van der Waals surface area contributed by atoms with E-state index in [2.05, 4.69) is 14.9 Å². The molecule has 0 radical (unpaired) electrons. The molecule has 6 nitrogen and oxygen atoms in total. The van der Waals surface area contributed by atoms with Gasteiger partial charge in [0.25, 0.3) is 0 Å². The molecule has 0 aliphatic carbocycles. The van der Waals surface area contributed by atoms with E-state index in [1.54, 1.807) is 29.9 Å². The number of hydrogen-bond donors (Lipinski definition) is 1. The first-order chi connectivity index (χ1) is 8.99. The van der Waals surface area contributed by atoms with Crippen molar-refractivity contribution < 1.29 is 8.42 Å². The van der Waals surface area contributed by atoms with Crippen molar-refractivity contribution >= 4 is 21.4 Å². The van der Waals surface area contributed by atoms with Gasteiger partial charge in [-0.05, 0) is 17.4 Å². The van der Waals surface area contributed by atoms with E-state index < -0.39 is 10.0 Å². The number of nitrogens with one attached hydrogen (secondary N) is 1. The molecule has 0 aliphatic rings. The van der Waals surface area contributed by atoms with Gasteiger partial charge >= 0.3 is 0 Å². The van der Waals surface area contributed by atoms with E-state index >= 15 is 0 Å². The molecule has 0 spiro atoms. The van der Waals surface area contributed by atoms with E-state index in [0.717, 1.165) is 0 Å². The molecule has 8 heteroatoms. The van der Waals surface area contributed by atoms with Crippen LogP contribution in [0.2, 0.25) is 0 Å². The molecule has 0 aliphatic heterocycles. The molecule has 2 aromatic heterocycles. The molecule has 0 bridgehead atoms. The minimum Gasteiger partial charge on any atom is -0.206 e. The number of rotatable bonds is 6. The van der Waals surface area contributed by atoms with Gasteiger partial charge in [0.05, 0.1) is 18.9 Å². The molecule has 0 saturated carbocycles. The highest BCUT2D eigenvalue weighted by molar-refractivity contribution is 7.91. The maximum absolute atomic E-state index is 12.2. The normalized spacial score (nSPS) is 13.8. The van der Waals surface area contributed by atoms with Gasteiger partial charge in [-0.2, -0.15) is 15.0 Å². The van der Waals surface area contributed by atoms with Gasteiger partial charge in [0.15, 0.2) is 0 Å². The van der Waals surface area contributed by atoms with Crippen LogP contribution in [0.15, 0.2) is 34.1 Å². The minimum atomic E-state index is -3.46. The highest BCUT2D eigenvalue weighted by atomic mass is 32.2. The summed E-state index contributed by atoms with van der Waals surface area (Å²) in [5.74, 6) is 0.140. The standard InChI is InChI=1S/C11H16N4O2S2/c1-9(2)10(8-15-12-5-6-13-15)14-19(16,17)11-4-3-7-18-11/h3-7,9-10,14H,8H2,1-2H3/t10-/m1/s1. The van der Waals surface area contributed by atoms with Crippen LogP contribution in [0, 0.1) is 5.92 Å². The zero-order chi connectivity index (χ0) is 13.9. The summed E-state index contributed by atoms with van der Waals surface area (Å²) in [6.45, 7) is 4.34. The van der Waals surface area contributed by atoms with Crippen LogP contribution in [0.3, 0.4) is 0 Å². The number of aromatic nitrogens is 3. The van der Waals surface area contributed by atoms with Crippen LogP contribution in [0.5, 0.6) is 0 Å². The maximum Gasteiger partial charge on any atom is 0.250 e. The molecule has 0 amide bonds. The summed E-state index contributed by atoms with van der Waals surface area (Å²) in [6.07, 6.45) is 3.15. The molecule has 1 N–H and O–H groups in total. The molecule has 2 rings (SSSR count). The first kappa shape index (κ1) is 14.2. The van der Waals surface area contributed by atoms with Crippen LogP contribution < -0.4 is 4.72 Å². The topological polar surface area (TPSA) is 76.9 Å². The van der Waals surface area contributed by atoms with Crippen LogP contribution >= 0.6 is 11.3 Å². The van der Waals surface area contributed by atoms with Gasteiger partial charge in [0.1, 0.15) is 4.21 Å². The van der Waals surface area contributed by atoms with Gasteiger partial charge in [0.2, 0.25) is 10.0 Å². The Balaban J connectivity index is 2.13. The number of hydrogen-bond acceptors (Lipinski definition) is 5. The Morgan fingerprint density at radius 2 is 2.05 bits per heavy atom. The predicted molar refractivity (Wildman–Crippen MR) is 73.3 cm³/mol. The van der Waals surface area contributed by atoms with E-state index in [4.69, 9.17) is 0 Å². The summed E-state index contributed by atoms with van der Waals surface area (Å²) in [7, 11) is -3.46. The largest absolute Gasteiger partial charge is 0.250 e. The Morgan fingerprint density at radius 3 is 2.58 bits per heavy atom. The smallest absolute Gasteiger partial charge is 0.206 e. The van der Waals surface area contributed by atoms with Crippen molar-refractivity contribution in [2.24, 2.45) is 5.92 Å². The van der Waals surface area contributed by atoms with Crippen molar-refractivity contribution in [1.82, 2.24) is 19.7 Å². The fourth-order valence-corrected chi connectivity index (χ4v) is 3.96. The molecular weight excluding hydrogens is 284 g/mol. The fourth-order valence-electron chi connectivity index (χ4n) is 1.57. The third kappa shape index (κ3) is 3.62. The molecule has 0 unspecified atom stereocenters. The Labute approximate surface area is 116 Å².